The summed E-state index contributed by atoms with van der Waals surface area (Å²) in [5, 5.41) is 8.39. The molecule has 0 aliphatic rings. The quantitative estimate of drug-likeness (QED) is 0.751. The van der Waals surface area contributed by atoms with E-state index in [0.29, 0.717) is 5.82 Å². The summed E-state index contributed by atoms with van der Waals surface area (Å²) in [6, 6.07) is -0.646. The van der Waals surface area contributed by atoms with Crippen molar-refractivity contribution in [3.8, 4) is 0 Å². The molecule has 0 fully saturated rings. The number of nitrogens with one attached hydrogen (secondary N) is 3. The van der Waals surface area contributed by atoms with Gasteiger partial charge in [-0.1, -0.05) is 0 Å². The van der Waals surface area contributed by atoms with Gasteiger partial charge in [0.2, 0.25) is 5.91 Å². The lowest BCUT2D eigenvalue weighted by Crippen LogP contribution is -2.50. The summed E-state index contributed by atoms with van der Waals surface area (Å²) in [6.07, 6.45) is 2.86. The lowest BCUT2D eigenvalue weighted by molar-refractivity contribution is -0.124. The van der Waals surface area contributed by atoms with Gasteiger partial charge >= 0.3 is 0 Å². The molecule has 7 nitrogen and oxygen atoms in total. The Morgan fingerprint density at radius 3 is 2.38 bits per heavy atom. The zero-order valence-corrected chi connectivity index (χ0v) is 13.2. The highest BCUT2D eigenvalue weighted by molar-refractivity contribution is 5.95. The normalized spacial score (nSPS) is 12.4. The van der Waals surface area contributed by atoms with E-state index in [1.54, 1.807) is 6.92 Å². The third-order valence-electron chi connectivity index (χ3n) is 2.48. The molecule has 1 rings (SSSR count). The van der Waals surface area contributed by atoms with Crippen LogP contribution in [0.1, 0.15) is 45.1 Å². The van der Waals surface area contributed by atoms with Crippen LogP contribution in [0.5, 0.6) is 0 Å². The van der Waals surface area contributed by atoms with Crippen molar-refractivity contribution in [2.75, 3.05) is 11.9 Å². The van der Waals surface area contributed by atoms with E-state index in [2.05, 4.69) is 25.9 Å². The van der Waals surface area contributed by atoms with Gasteiger partial charge in [0.1, 0.15) is 17.6 Å². The van der Waals surface area contributed by atoms with Crippen molar-refractivity contribution in [1.82, 2.24) is 20.6 Å². The summed E-state index contributed by atoms with van der Waals surface area (Å²) in [5.74, 6) is -0.0669. The van der Waals surface area contributed by atoms with Crippen LogP contribution in [0.2, 0.25) is 0 Å². The number of nitrogens with zero attached hydrogens (tertiary/aromatic N) is 2. The molecule has 2 amide bonds. The molecule has 1 heterocycles. The maximum Gasteiger partial charge on any atom is 0.272 e. The first-order valence-electron chi connectivity index (χ1n) is 6.91. The molecule has 0 radical (unpaired) electrons. The van der Waals surface area contributed by atoms with Crippen molar-refractivity contribution < 1.29 is 9.59 Å². The Morgan fingerprint density at radius 1 is 1.24 bits per heavy atom. The number of hydrogen-bond donors (Lipinski definition) is 3. The van der Waals surface area contributed by atoms with Gasteiger partial charge in [-0.3, -0.25) is 9.59 Å². The summed E-state index contributed by atoms with van der Waals surface area (Å²) in [5.41, 5.74) is -0.171. The summed E-state index contributed by atoms with van der Waals surface area (Å²) in [7, 11) is 0. The van der Waals surface area contributed by atoms with Gasteiger partial charge < -0.3 is 16.0 Å². The van der Waals surface area contributed by atoms with Gasteiger partial charge in [-0.2, -0.15) is 0 Å². The van der Waals surface area contributed by atoms with E-state index in [4.69, 9.17) is 0 Å². The second-order valence-corrected chi connectivity index (χ2v) is 5.75. The molecule has 0 aromatic carbocycles. The van der Waals surface area contributed by atoms with E-state index in [1.807, 2.05) is 27.7 Å². The topological polar surface area (TPSA) is 96.0 Å². The number of aromatic nitrogens is 2. The number of carbonyl (C=O) groups is 2. The molecule has 21 heavy (non-hydrogen) atoms. The molecule has 0 spiro atoms. The van der Waals surface area contributed by atoms with E-state index in [9.17, 15) is 9.59 Å². The minimum atomic E-state index is -0.646. The lowest BCUT2D eigenvalue weighted by atomic mass is 10.1. The Hall–Kier alpha value is -2.18. The highest BCUT2D eigenvalue weighted by atomic mass is 16.2. The third kappa shape index (κ3) is 5.76. The fraction of sp³-hybridized carbons (Fsp3) is 0.571. The standard InChI is InChI=1S/C14H23N5O2/c1-6-15-11-8-16-10(7-17-11)13(21)18-9(2)12(20)19-14(3,4)5/h7-9H,6H2,1-5H3,(H,15,17)(H,18,21)(H,19,20). The van der Waals surface area contributed by atoms with Gasteiger partial charge in [-0.25, -0.2) is 9.97 Å². The molecule has 3 N–H and O–H groups in total. The van der Waals surface area contributed by atoms with E-state index in [-0.39, 0.29) is 17.1 Å². The van der Waals surface area contributed by atoms with Crippen LogP contribution in [0, 0.1) is 0 Å². The van der Waals surface area contributed by atoms with Crippen LogP contribution in [-0.2, 0) is 4.79 Å². The summed E-state index contributed by atoms with van der Waals surface area (Å²) in [4.78, 5) is 32.0. The number of anilines is 1. The largest absolute Gasteiger partial charge is 0.369 e. The van der Waals surface area contributed by atoms with Crippen LogP contribution in [0.15, 0.2) is 12.4 Å². The second-order valence-electron chi connectivity index (χ2n) is 5.75. The molecule has 116 valence electrons. The monoisotopic (exact) mass is 293 g/mol. The van der Waals surface area contributed by atoms with Crippen LogP contribution in [-0.4, -0.2) is 39.9 Å². The molecule has 0 aliphatic heterocycles. The number of rotatable bonds is 5. The molecule has 0 saturated heterocycles. The molecule has 0 aliphatic carbocycles. The predicted octanol–water partition coefficient (Wildman–Crippen LogP) is 0.941. The van der Waals surface area contributed by atoms with Gasteiger partial charge in [-0.15, -0.1) is 0 Å². The fourth-order valence-electron chi connectivity index (χ4n) is 1.53. The molecule has 1 unspecified atom stereocenters. The van der Waals surface area contributed by atoms with Gasteiger partial charge in [0, 0.05) is 12.1 Å². The predicted molar refractivity (Wildman–Crippen MR) is 81.0 cm³/mol. The van der Waals surface area contributed by atoms with Crippen LogP contribution in [0.25, 0.3) is 0 Å². The fourth-order valence-corrected chi connectivity index (χ4v) is 1.53. The van der Waals surface area contributed by atoms with Crippen molar-refractivity contribution in [3.63, 3.8) is 0 Å². The first-order valence-corrected chi connectivity index (χ1v) is 6.91. The minimum Gasteiger partial charge on any atom is -0.369 e. The maximum absolute atomic E-state index is 12.0. The Labute approximate surface area is 124 Å². The van der Waals surface area contributed by atoms with Crippen molar-refractivity contribution in [2.45, 2.75) is 46.2 Å². The van der Waals surface area contributed by atoms with E-state index < -0.39 is 11.9 Å². The molecule has 1 aromatic heterocycles. The number of hydrogen-bond acceptors (Lipinski definition) is 5. The lowest BCUT2D eigenvalue weighted by Gasteiger charge is -2.23. The molecule has 0 bridgehead atoms. The molecule has 0 saturated carbocycles. The second kappa shape index (κ2) is 7.01. The average molecular weight is 293 g/mol. The van der Waals surface area contributed by atoms with Crippen molar-refractivity contribution >= 4 is 17.6 Å². The van der Waals surface area contributed by atoms with Crippen LogP contribution >= 0.6 is 0 Å². The average Bonchev–Trinajstić information content (AvgIpc) is 2.37. The molecular formula is C14H23N5O2. The Bertz CT molecular complexity index is 493. The third-order valence-corrected chi connectivity index (χ3v) is 2.48. The van der Waals surface area contributed by atoms with Crippen molar-refractivity contribution in [2.24, 2.45) is 0 Å². The maximum atomic E-state index is 12.0. The zero-order valence-electron chi connectivity index (χ0n) is 13.2. The van der Waals surface area contributed by atoms with Gasteiger partial charge in [0.25, 0.3) is 5.91 Å². The van der Waals surface area contributed by atoms with Gasteiger partial charge in [-0.05, 0) is 34.6 Å². The number of amides is 2. The van der Waals surface area contributed by atoms with Crippen LogP contribution in [0.4, 0.5) is 5.82 Å². The Morgan fingerprint density at radius 2 is 1.90 bits per heavy atom. The Balaban J connectivity index is 2.61. The van der Waals surface area contributed by atoms with Crippen molar-refractivity contribution in [1.29, 1.82) is 0 Å². The summed E-state index contributed by atoms with van der Waals surface area (Å²) >= 11 is 0. The zero-order chi connectivity index (χ0) is 16.0. The highest BCUT2D eigenvalue weighted by Gasteiger charge is 2.21. The Kier molecular flexibility index (Phi) is 5.63. The van der Waals surface area contributed by atoms with Gasteiger partial charge in [0.15, 0.2) is 0 Å². The van der Waals surface area contributed by atoms with E-state index in [1.165, 1.54) is 12.4 Å². The van der Waals surface area contributed by atoms with E-state index >= 15 is 0 Å². The number of carbonyl (C=O) groups excluding carboxylic acids is 2. The van der Waals surface area contributed by atoms with Crippen LogP contribution in [0.3, 0.4) is 0 Å². The molecular weight excluding hydrogens is 270 g/mol. The molecule has 1 atom stereocenters. The first-order chi connectivity index (χ1) is 9.73. The highest BCUT2D eigenvalue weighted by Crippen LogP contribution is 2.02. The molecule has 7 heteroatoms. The van der Waals surface area contributed by atoms with Gasteiger partial charge in [0.05, 0.1) is 12.4 Å². The van der Waals surface area contributed by atoms with Crippen molar-refractivity contribution in [3.05, 3.63) is 18.1 Å². The molecule has 1 aromatic rings. The first kappa shape index (κ1) is 16.9. The smallest absolute Gasteiger partial charge is 0.272 e. The summed E-state index contributed by atoms with van der Waals surface area (Å²) < 4.78 is 0. The SMILES string of the molecule is CCNc1cnc(C(=O)NC(C)C(=O)NC(C)(C)C)cn1. The summed E-state index contributed by atoms with van der Waals surface area (Å²) in [6.45, 7) is 9.93. The minimum absolute atomic E-state index is 0.173. The van der Waals surface area contributed by atoms with E-state index in [0.717, 1.165) is 6.54 Å². The van der Waals surface area contributed by atoms with Crippen LogP contribution < -0.4 is 16.0 Å².